The monoisotopic (exact) mass is 137 g/mol. The molecule has 4 heteroatoms. The summed E-state index contributed by atoms with van der Waals surface area (Å²) in [7, 11) is 1.77. The molecule has 1 aliphatic heterocycles. The van der Waals surface area contributed by atoms with Crippen LogP contribution in [0.15, 0.2) is 6.20 Å². The number of amides is 1. The van der Waals surface area contributed by atoms with Crippen molar-refractivity contribution in [2.75, 3.05) is 0 Å². The Morgan fingerprint density at radius 3 is 3.30 bits per heavy atom. The fourth-order valence-corrected chi connectivity index (χ4v) is 1.16. The molecule has 0 fully saturated rings. The third kappa shape index (κ3) is 0.504. The van der Waals surface area contributed by atoms with Crippen LogP contribution in [0.5, 0.6) is 0 Å². The van der Waals surface area contributed by atoms with E-state index in [1.807, 2.05) is 0 Å². The molecule has 10 heavy (non-hydrogen) atoms. The highest BCUT2D eigenvalue weighted by atomic mass is 16.2. The van der Waals surface area contributed by atoms with Crippen molar-refractivity contribution in [3.05, 3.63) is 17.5 Å². The first-order valence-electron chi connectivity index (χ1n) is 3.08. The summed E-state index contributed by atoms with van der Waals surface area (Å²) in [5, 5.41) is 6.65. The summed E-state index contributed by atoms with van der Waals surface area (Å²) in [6.07, 6.45) is 1.72. The molecule has 0 spiro atoms. The second kappa shape index (κ2) is 1.59. The zero-order chi connectivity index (χ0) is 7.14. The van der Waals surface area contributed by atoms with Crippen LogP contribution in [0.25, 0.3) is 0 Å². The third-order valence-corrected chi connectivity index (χ3v) is 1.67. The summed E-state index contributed by atoms with van der Waals surface area (Å²) in [6.45, 7) is 0.627. The number of aryl methyl sites for hydroxylation is 1. The molecule has 52 valence electrons. The molecule has 0 atom stereocenters. The van der Waals surface area contributed by atoms with Crippen LogP contribution in [0, 0.1) is 0 Å². The maximum absolute atomic E-state index is 11.0. The average Bonchev–Trinajstić information content (AvgIpc) is 2.40. The van der Waals surface area contributed by atoms with Crippen molar-refractivity contribution in [3.8, 4) is 0 Å². The molecule has 0 aromatic carbocycles. The number of carbonyl (C=O) groups is 1. The van der Waals surface area contributed by atoms with Gasteiger partial charge >= 0.3 is 0 Å². The molecule has 2 heterocycles. The first-order chi connectivity index (χ1) is 4.79. The fourth-order valence-electron chi connectivity index (χ4n) is 1.16. The molecule has 4 nitrogen and oxygen atoms in total. The largest absolute Gasteiger partial charge is 0.346 e. The minimum Gasteiger partial charge on any atom is -0.346 e. The van der Waals surface area contributed by atoms with Gasteiger partial charge < -0.3 is 5.32 Å². The highest BCUT2D eigenvalue weighted by molar-refractivity contribution is 5.96. The number of hydrogen-bond donors (Lipinski definition) is 1. The topological polar surface area (TPSA) is 46.9 Å². The van der Waals surface area contributed by atoms with E-state index in [0.717, 1.165) is 5.56 Å². The van der Waals surface area contributed by atoms with Crippen LogP contribution < -0.4 is 5.32 Å². The molecule has 0 unspecified atom stereocenters. The van der Waals surface area contributed by atoms with Gasteiger partial charge in [-0.3, -0.25) is 9.48 Å². The zero-order valence-corrected chi connectivity index (χ0v) is 5.59. The number of nitrogens with one attached hydrogen (secondary N) is 1. The van der Waals surface area contributed by atoms with E-state index in [9.17, 15) is 4.79 Å². The Hall–Kier alpha value is -1.32. The number of hydrogen-bond acceptors (Lipinski definition) is 2. The van der Waals surface area contributed by atoms with Gasteiger partial charge in [-0.1, -0.05) is 0 Å². The Labute approximate surface area is 57.8 Å². The van der Waals surface area contributed by atoms with Crippen LogP contribution in [0.3, 0.4) is 0 Å². The van der Waals surface area contributed by atoms with E-state index in [1.165, 1.54) is 0 Å². The minimum atomic E-state index is -0.0185. The van der Waals surface area contributed by atoms with Crippen LogP contribution in [0.1, 0.15) is 16.1 Å². The molecule has 0 bridgehead atoms. The van der Waals surface area contributed by atoms with E-state index in [0.29, 0.717) is 12.2 Å². The summed E-state index contributed by atoms with van der Waals surface area (Å²) in [5.41, 5.74) is 1.69. The summed E-state index contributed by atoms with van der Waals surface area (Å²) < 4.78 is 1.59. The zero-order valence-electron chi connectivity index (χ0n) is 5.59. The van der Waals surface area contributed by atoms with Gasteiger partial charge in [-0.25, -0.2) is 0 Å². The van der Waals surface area contributed by atoms with Gasteiger partial charge in [0.2, 0.25) is 0 Å². The summed E-state index contributed by atoms with van der Waals surface area (Å²) in [6, 6.07) is 0. The average molecular weight is 137 g/mol. The van der Waals surface area contributed by atoms with Gasteiger partial charge in [0.05, 0.1) is 6.20 Å². The standard InChI is InChI=1S/C6H7N3O/c1-9-5-4(3-8-9)2-7-6(5)10/h3H,2H2,1H3,(H,7,10). The van der Waals surface area contributed by atoms with Gasteiger partial charge in [-0.15, -0.1) is 0 Å². The summed E-state index contributed by atoms with van der Waals surface area (Å²) >= 11 is 0. The Kier molecular flexibility index (Phi) is 0.869. The van der Waals surface area contributed by atoms with Gasteiger partial charge in [0, 0.05) is 19.2 Å². The van der Waals surface area contributed by atoms with Crippen molar-refractivity contribution in [2.45, 2.75) is 6.54 Å². The lowest BCUT2D eigenvalue weighted by Gasteiger charge is -1.92. The predicted octanol–water partition coefficient (Wildman–Crippen LogP) is -0.337. The highest BCUT2D eigenvalue weighted by Gasteiger charge is 2.22. The van der Waals surface area contributed by atoms with E-state index in [1.54, 1.807) is 17.9 Å². The maximum atomic E-state index is 11.0. The smallest absolute Gasteiger partial charge is 0.270 e. The lowest BCUT2D eigenvalue weighted by atomic mass is 10.3. The van der Waals surface area contributed by atoms with Crippen molar-refractivity contribution in [1.82, 2.24) is 15.1 Å². The van der Waals surface area contributed by atoms with Crippen LogP contribution in [-0.2, 0) is 13.6 Å². The number of fused-ring (bicyclic) bond motifs is 1. The summed E-state index contributed by atoms with van der Waals surface area (Å²) in [5.74, 6) is -0.0185. The summed E-state index contributed by atoms with van der Waals surface area (Å²) in [4.78, 5) is 11.0. The number of rotatable bonds is 0. The van der Waals surface area contributed by atoms with E-state index < -0.39 is 0 Å². The quantitative estimate of drug-likeness (QED) is 0.532. The first kappa shape index (κ1) is 5.46. The maximum Gasteiger partial charge on any atom is 0.270 e. The Morgan fingerprint density at radius 2 is 2.60 bits per heavy atom. The molecular formula is C6H7N3O. The van der Waals surface area contributed by atoms with E-state index in [2.05, 4.69) is 10.4 Å². The van der Waals surface area contributed by atoms with Crippen LogP contribution in [0.2, 0.25) is 0 Å². The second-order valence-corrected chi connectivity index (χ2v) is 2.32. The molecule has 0 radical (unpaired) electrons. The third-order valence-electron chi connectivity index (χ3n) is 1.67. The molecule has 0 saturated carbocycles. The van der Waals surface area contributed by atoms with E-state index in [4.69, 9.17) is 0 Å². The normalized spacial score (nSPS) is 15.1. The SMILES string of the molecule is Cn1ncc2c1C(=O)NC2. The Morgan fingerprint density at radius 1 is 1.80 bits per heavy atom. The van der Waals surface area contributed by atoms with Gasteiger partial charge in [0.1, 0.15) is 5.69 Å². The molecule has 1 aliphatic rings. The van der Waals surface area contributed by atoms with Crippen molar-refractivity contribution < 1.29 is 4.79 Å². The number of nitrogens with zero attached hydrogens (tertiary/aromatic N) is 2. The number of carbonyl (C=O) groups excluding carboxylic acids is 1. The van der Waals surface area contributed by atoms with Gasteiger partial charge in [-0.05, 0) is 0 Å². The molecule has 2 rings (SSSR count). The molecule has 0 aliphatic carbocycles. The first-order valence-corrected chi connectivity index (χ1v) is 3.08. The molecular weight excluding hydrogens is 130 g/mol. The molecule has 1 aromatic rings. The molecule has 1 N–H and O–H groups in total. The van der Waals surface area contributed by atoms with Crippen molar-refractivity contribution in [1.29, 1.82) is 0 Å². The van der Waals surface area contributed by atoms with Crippen molar-refractivity contribution in [3.63, 3.8) is 0 Å². The predicted molar refractivity (Wildman–Crippen MR) is 34.4 cm³/mol. The van der Waals surface area contributed by atoms with Crippen LogP contribution >= 0.6 is 0 Å². The Balaban J connectivity index is 2.65. The molecule has 1 amide bonds. The van der Waals surface area contributed by atoms with E-state index >= 15 is 0 Å². The van der Waals surface area contributed by atoms with Crippen LogP contribution in [-0.4, -0.2) is 15.7 Å². The van der Waals surface area contributed by atoms with Crippen LogP contribution in [0.4, 0.5) is 0 Å². The highest BCUT2D eigenvalue weighted by Crippen LogP contribution is 2.12. The lowest BCUT2D eigenvalue weighted by molar-refractivity contribution is 0.0957. The van der Waals surface area contributed by atoms with Gasteiger partial charge in [0.25, 0.3) is 5.91 Å². The van der Waals surface area contributed by atoms with Crippen molar-refractivity contribution in [2.24, 2.45) is 7.05 Å². The molecule has 0 saturated heterocycles. The molecule has 1 aromatic heterocycles. The second-order valence-electron chi connectivity index (χ2n) is 2.32. The fraction of sp³-hybridized carbons (Fsp3) is 0.333. The minimum absolute atomic E-state index is 0.0185. The van der Waals surface area contributed by atoms with Gasteiger partial charge in [0.15, 0.2) is 0 Å². The van der Waals surface area contributed by atoms with E-state index in [-0.39, 0.29) is 5.91 Å². The van der Waals surface area contributed by atoms with Gasteiger partial charge in [-0.2, -0.15) is 5.10 Å². The number of aromatic nitrogens is 2. The lowest BCUT2D eigenvalue weighted by Crippen LogP contribution is -2.16. The Bertz CT molecular complexity index is 289. The van der Waals surface area contributed by atoms with Crippen molar-refractivity contribution >= 4 is 5.91 Å².